The van der Waals surface area contributed by atoms with Crippen molar-refractivity contribution in [1.29, 1.82) is 0 Å². The van der Waals surface area contributed by atoms with Crippen molar-refractivity contribution in [3.8, 4) is 0 Å². The second-order valence-corrected chi connectivity index (χ2v) is 3.95. The normalized spacial score (nSPS) is 19.3. The zero-order chi connectivity index (χ0) is 11.1. The summed E-state index contributed by atoms with van der Waals surface area (Å²) in [6.07, 6.45) is 0. The fourth-order valence-corrected chi connectivity index (χ4v) is 1.49. The van der Waals surface area contributed by atoms with Crippen LogP contribution in [0.3, 0.4) is 0 Å². The smallest absolute Gasteiger partial charge is 0.237 e. The van der Waals surface area contributed by atoms with E-state index >= 15 is 0 Å². The van der Waals surface area contributed by atoms with Crippen LogP contribution in [0, 0.1) is 0 Å². The first-order chi connectivity index (χ1) is 7.02. The molecule has 0 N–H and O–H groups in total. The van der Waals surface area contributed by atoms with Gasteiger partial charge >= 0.3 is 0 Å². The molecule has 2 nitrogen and oxygen atoms in total. The molecule has 1 aliphatic heterocycles. The molecule has 1 aliphatic rings. The Morgan fingerprint density at radius 2 is 1.80 bits per heavy atom. The number of halogens is 1. The third-order valence-electron chi connectivity index (χ3n) is 2.34. The second kappa shape index (κ2) is 3.19. The molecule has 3 heteroatoms. The summed E-state index contributed by atoms with van der Waals surface area (Å²) in [7, 11) is 0. The van der Waals surface area contributed by atoms with E-state index in [1.54, 1.807) is 38.1 Å². The molecule has 0 saturated heterocycles. The van der Waals surface area contributed by atoms with Crippen molar-refractivity contribution < 1.29 is 13.9 Å². The zero-order valence-corrected chi connectivity index (χ0v) is 8.58. The first kappa shape index (κ1) is 9.90. The Bertz CT molecular complexity index is 432. The maximum atomic E-state index is 13.6. The number of ether oxygens (including phenoxy) is 1. The van der Waals surface area contributed by atoms with Crippen LogP contribution in [0.25, 0.3) is 5.76 Å². The molecular formula is C12H11FO2. The lowest BCUT2D eigenvalue weighted by Crippen LogP contribution is -2.28. The molecule has 2 rings (SSSR count). The minimum atomic E-state index is -1.09. The Balaban J connectivity index is 2.45. The van der Waals surface area contributed by atoms with E-state index < -0.39 is 17.2 Å². The standard InChI is InChI=1S/C12H11FO2/c1-12(2)11(14)9(13)10(15-12)8-6-4-3-5-7-8/h3-7H,1-2H3. The van der Waals surface area contributed by atoms with E-state index in [1.165, 1.54) is 0 Å². The molecule has 0 unspecified atom stereocenters. The number of carbonyl (C=O) groups is 1. The van der Waals surface area contributed by atoms with Crippen LogP contribution in [0.15, 0.2) is 36.2 Å². The van der Waals surface area contributed by atoms with Crippen molar-refractivity contribution >= 4 is 11.5 Å². The Morgan fingerprint density at radius 1 is 1.20 bits per heavy atom. The molecule has 15 heavy (non-hydrogen) atoms. The highest BCUT2D eigenvalue weighted by molar-refractivity contribution is 6.07. The minimum Gasteiger partial charge on any atom is -0.476 e. The van der Waals surface area contributed by atoms with Crippen LogP contribution in [0.5, 0.6) is 0 Å². The van der Waals surface area contributed by atoms with Crippen LogP contribution in [0.4, 0.5) is 4.39 Å². The summed E-state index contributed by atoms with van der Waals surface area (Å²) >= 11 is 0. The van der Waals surface area contributed by atoms with E-state index in [0.29, 0.717) is 5.56 Å². The summed E-state index contributed by atoms with van der Waals surface area (Å²) in [6, 6.07) is 8.79. The summed E-state index contributed by atoms with van der Waals surface area (Å²) in [5.41, 5.74) is -0.496. The molecule has 0 atom stereocenters. The van der Waals surface area contributed by atoms with Crippen molar-refractivity contribution in [3.05, 3.63) is 41.7 Å². The second-order valence-electron chi connectivity index (χ2n) is 3.95. The molecular weight excluding hydrogens is 195 g/mol. The maximum absolute atomic E-state index is 13.6. The van der Waals surface area contributed by atoms with Gasteiger partial charge in [0.2, 0.25) is 11.6 Å². The lowest BCUT2D eigenvalue weighted by atomic mass is 10.0. The Kier molecular flexibility index (Phi) is 2.11. The fourth-order valence-electron chi connectivity index (χ4n) is 1.49. The van der Waals surface area contributed by atoms with Gasteiger partial charge in [0.1, 0.15) is 0 Å². The average Bonchev–Trinajstić information content (AvgIpc) is 2.44. The predicted molar refractivity (Wildman–Crippen MR) is 54.6 cm³/mol. The topological polar surface area (TPSA) is 26.3 Å². The van der Waals surface area contributed by atoms with Gasteiger partial charge in [-0.3, -0.25) is 4.79 Å². The predicted octanol–water partition coefficient (Wildman–Crippen LogP) is 2.70. The zero-order valence-electron chi connectivity index (χ0n) is 8.58. The molecule has 1 heterocycles. The van der Waals surface area contributed by atoms with Gasteiger partial charge in [-0.25, -0.2) is 0 Å². The molecule has 0 fully saturated rings. The molecule has 0 spiro atoms. The summed E-state index contributed by atoms with van der Waals surface area (Å²) < 4.78 is 18.9. The average molecular weight is 206 g/mol. The summed E-state index contributed by atoms with van der Waals surface area (Å²) in [5.74, 6) is -1.34. The number of carbonyl (C=O) groups excluding carboxylic acids is 1. The van der Waals surface area contributed by atoms with Gasteiger partial charge in [-0.1, -0.05) is 30.3 Å². The third kappa shape index (κ3) is 1.54. The monoisotopic (exact) mass is 206 g/mol. The van der Waals surface area contributed by atoms with Crippen LogP contribution in [0.1, 0.15) is 19.4 Å². The quantitative estimate of drug-likeness (QED) is 0.706. The lowest BCUT2D eigenvalue weighted by molar-refractivity contribution is -0.127. The number of hydrogen-bond donors (Lipinski definition) is 0. The lowest BCUT2D eigenvalue weighted by Gasteiger charge is -2.17. The van der Waals surface area contributed by atoms with Crippen molar-refractivity contribution in [2.45, 2.75) is 19.4 Å². The van der Waals surface area contributed by atoms with Crippen LogP contribution in [-0.2, 0) is 9.53 Å². The molecule has 1 aromatic carbocycles. The van der Waals surface area contributed by atoms with Gasteiger partial charge < -0.3 is 4.74 Å². The Morgan fingerprint density at radius 3 is 2.27 bits per heavy atom. The Labute approximate surface area is 87.4 Å². The van der Waals surface area contributed by atoms with Crippen molar-refractivity contribution in [2.24, 2.45) is 0 Å². The first-order valence-corrected chi connectivity index (χ1v) is 4.71. The van der Waals surface area contributed by atoms with E-state index in [-0.39, 0.29) is 5.76 Å². The number of benzene rings is 1. The molecule has 0 saturated carbocycles. The number of Topliss-reactive ketones (excluding diaryl/α,β-unsaturated/α-hetero) is 1. The summed E-state index contributed by atoms with van der Waals surface area (Å²) in [5, 5.41) is 0. The van der Waals surface area contributed by atoms with Gasteiger partial charge in [0, 0.05) is 5.56 Å². The van der Waals surface area contributed by atoms with E-state index in [0.717, 1.165) is 0 Å². The summed E-state index contributed by atoms with van der Waals surface area (Å²) in [4.78, 5) is 11.5. The van der Waals surface area contributed by atoms with E-state index in [2.05, 4.69) is 0 Å². The molecule has 0 amide bonds. The number of rotatable bonds is 1. The van der Waals surface area contributed by atoms with E-state index in [4.69, 9.17) is 4.74 Å². The van der Waals surface area contributed by atoms with Crippen molar-refractivity contribution in [1.82, 2.24) is 0 Å². The highest BCUT2D eigenvalue weighted by Gasteiger charge is 2.42. The van der Waals surface area contributed by atoms with Gasteiger partial charge in [-0.2, -0.15) is 4.39 Å². The molecule has 0 radical (unpaired) electrons. The van der Waals surface area contributed by atoms with Gasteiger partial charge in [0.05, 0.1) is 0 Å². The van der Waals surface area contributed by atoms with Crippen molar-refractivity contribution in [3.63, 3.8) is 0 Å². The van der Waals surface area contributed by atoms with Gasteiger partial charge in [-0.05, 0) is 13.8 Å². The number of ketones is 1. The number of hydrogen-bond acceptors (Lipinski definition) is 2. The van der Waals surface area contributed by atoms with Crippen LogP contribution >= 0.6 is 0 Å². The first-order valence-electron chi connectivity index (χ1n) is 4.71. The summed E-state index contributed by atoms with van der Waals surface area (Å²) in [6.45, 7) is 3.12. The minimum absolute atomic E-state index is 0.0469. The highest BCUT2D eigenvalue weighted by Crippen LogP contribution is 2.36. The van der Waals surface area contributed by atoms with E-state index in [9.17, 15) is 9.18 Å². The molecule has 1 aromatic rings. The van der Waals surface area contributed by atoms with Gasteiger partial charge in [0.15, 0.2) is 11.4 Å². The molecule has 0 aliphatic carbocycles. The maximum Gasteiger partial charge on any atom is 0.237 e. The third-order valence-corrected chi connectivity index (χ3v) is 2.34. The fraction of sp³-hybridized carbons (Fsp3) is 0.250. The van der Waals surface area contributed by atoms with Gasteiger partial charge in [0.25, 0.3) is 0 Å². The molecule has 78 valence electrons. The molecule has 0 aromatic heterocycles. The highest BCUT2D eigenvalue weighted by atomic mass is 19.1. The van der Waals surface area contributed by atoms with E-state index in [1.807, 2.05) is 6.07 Å². The largest absolute Gasteiger partial charge is 0.476 e. The SMILES string of the molecule is CC1(C)OC(c2ccccc2)=C(F)C1=O. The Hall–Kier alpha value is -1.64. The van der Waals surface area contributed by atoms with Gasteiger partial charge in [-0.15, -0.1) is 0 Å². The van der Waals surface area contributed by atoms with Crippen molar-refractivity contribution in [2.75, 3.05) is 0 Å². The van der Waals surface area contributed by atoms with Crippen LogP contribution in [0.2, 0.25) is 0 Å². The van der Waals surface area contributed by atoms with Crippen LogP contribution < -0.4 is 0 Å². The van der Waals surface area contributed by atoms with Crippen LogP contribution in [-0.4, -0.2) is 11.4 Å². The molecule has 0 bridgehead atoms.